The maximum atomic E-state index is 12.7. The van der Waals surface area contributed by atoms with Gasteiger partial charge in [-0.05, 0) is 23.8 Å². The first-order valence-corrected chi connectivity index (χ1v) is 8.93. The number of rotatable bonds is 8. The Morgan fingerprint density at radius 3 is 2.20 bits per heavy atom. The summed E-state index contributed by atoms with van der Waals surface area (Å²) in [6.45, 7) is 0. The molecule has 0 atom stereocenters. The number of carbonyl (C=O) groups excluding carboxylic acids is 1. The van der Waals surface area contributed by atoms with E-state index in [1.807, 2.05) is 0 Å². The maximum absolute atomic E-state index is 12.7. The topological polar surface area (TPSA) is 103 Å². The number of benzene rings is 2. The number of anilines is 1. The van der Waals surface area contributed by atoms with Crippen LogP contribution in [0.25, 0.3) is 0 Å². The third kappa shape index (κ3) is 4.64. The highest BCUT2D eigenvalue weighted by Crippen LogP contribution is 2.39. The summed E-state index contributed by atoms with van der Waals surface area (Å²) in [7, 11) is 4.48. The van der Waals surface area contributed by atoms with Crippen molar-refractivity contribution in [3.05, 3.63) is 59.9 Å². The Hall–Kier alpha value is -4.12. The fourth-order valence-electron chi connectivity index (χ4n) is 2.68. The number of furan rings is 1. The van der Waals surface area contributed by atoms with E-state index in [0.29, 0.717) is 35.1 Å². The van der Waals surface area contributed by atoms with E-state index in [2.05, 4.69) is 11.4 Å². The average Bonchev–Trinajstić information content (AvgIpc) is 3.24. The van der Waals surface area contributed by atoms with Gasteiger partial charge in [-0.25, -0.2) is 0 Å². The number of hydrogen-bond donors (Lipinski definition) is 1. The van der Waals surface area contributed by atoms with Gasteiger partial charge in [-0.3, -0.25) is 4.79 Å². The van der Waals surface area contributed by atoms with Crippen LogP contribution < -0.4 is 24.3 Å². The Morgan fingerprint density at radius 2 is 1.63 bits per heavy atom. The van der Waals surface area contributed by atoms with Gasteiger partial charge in [0.1, 0.15) is 28.7 Å². The number of amides is 1. The summed E-state index contributed by atoms with van der Waals surface area (Å²) in [5, 5.41) is 11.4. The summed E-state index contributed by atoms with van der Waals surface area (Å²) in [5.41, 5.74) is 1.23. The summed E-state index contributed by atoms with van der Waals surface area (Å²) >= 11 is 0. The van der Waals surface area contributed by atoms with Gasteiger partial charge in [0.2, 0.25) is 0 Å². The molecule has 1 N–H and O–H groups in total. The second-order valence-electron chi connectivity index (χ2n) is 6.06. The Kier molecular flexibility index (Phi) is 6.45. The first-order valence-electron chi connectivity index (χ1n) is 8.93. The molecule has 0 unspecified atom stereocenters. The van der Waals surface area contributed by atoms with E-state index in [4.69, 9.17) is 28.6 Å². The molecule has 8 heteroatoms. The summed E-state index contributed by atoms with van der Waals surface area (Å²) in [5.74, 6) is 1.50. The van der Waals surface area contributed by atoms with E-state index in [1.54, 1.807) is 42.5 Å². The van der Waals surface area contributed by atoms with Crippen LogP contribution in [-0.4, -0.2) is 27.2 Å². The van der Waals surface area contributed by atoms with Gasteiger partial charge < -0.3 is 28.7 Å². The molecule has 3 aromatic rings. The van der Waals surface area contributed by atoms with Crippen LogP contribution in [-0.2, 0) is 6.42 Å². The summed E-state index contributed by atoms with van der Waals surface area (Å²) < 4.78 is 27.0. The Balaban J connectivity index is 1.75. The first kappa shape index (κ1) is 20.6. The van der Waals surface area contributed by atoms with Crippen molar-refractivity contribution in [2.24, 2.45) is 0 Å². The molecule has 0 bridgehead atoms. The molecule has 1 aromatic heterocycles. The highest BCUT2D eigenvalue weighted by molar-refractivity contribution is 6.04. The molecule has 0 aliphatic heterocycles. The summed E-state index contributed by atoms with van der Waals surface area (Å²) in [6, 6.07) is 15.4. The van der Waals surface area contributed by atoms with Gasteiger partial charge in [0, 0.05) is 18.2 Å². The van der Waals surface area contributed by atoms with Crippen LogP contribution in [0.15, 0.2) is 52.9 Å². The number of nitrogens with zero attached hydrogens (tertiary/aromatic N) is 1. The van der Waals surface area contributed by atoms with Crippen LogP contribution in [0.1, 0.15) is 16.1 Å². The lowest BCUT2D eigenvalue weighted by atomic mass is 10.2. The lowest BCUT2D eigenvalue weighted by Gasteiger charge is -2.15. The highest BCUT2D eigenvalue weighted by atomic mass is 16.6. The van der Waals surface area contributed by atoms with Gasteiger partial charge in [-0.15, -0.1) is 0 Å². The molecular formula is C22H20N2O6. The van der Waals surface area contributed by atoms with Gasteiger partial charge in [0.05, 0.1) is 33.8 Å². The van der Waals surface area contributed by atoms with E-state index >= 15 is 0 Å². The molecule has 2 aromatic carbocycles. The van der Waals surface area contributed by atoms with Crippen molar-refractivity contribution in [2.75, 3.05) is 26.6 Å². The van der Waals surface area contributed by atoms with Crippen molar-refractivity contribution < 1.29 is 28.2 Å². The third-order valence-electron chi connectivity index (χ3n) is 4.18. The van der Waals surface area contributed by atoms with Gasteiger partial charge in [-0.2, -0.15) is 5.26 Å². The van der Waals surface area contributed by atoms with E-state index in [9.17, 15) is 4.79 Å². The number of methoxy groups -OCH3 is 3. The van der Waals surface area contributed by atoms with Crippen molar-refractivity contribution in [3.8, 4) is 35.0 Å². The molecule has 0 saturated carbocycles. The van der Waals surface area contributed by atoms with E-state index in [1.165, 1.54) is 27.4 Å². The summed E-state index contributed by atoms with van der Waals surface area (Å²) in [4.78, 5) is 12.7. The normalized spacial score (nSPS) is 10.1. The number of nitrogens with one attached hydrogen (secondary N) is 1. The Morgan fingerprint density at radius 1 is 0.967 bits per heavy atom. The molecule has 8 nitrogen and oxygen atoms in total. The lowest BCUT2D eigenvalue weighted by Crippen LogP contribution is -2.13. The fraction of sp³-hybridized carbons (Fsp3) is 0.182. The number of ether oxygens (including phenoxy) is 4. The zero-order valence-corrected chi connectivity index (χ0v) is 16.7. The van der Waals surface area contributed by atoms with Crippen LogP contribution in [0.4, 0.5) is 5.69 Å². The van der Waals surface area contributed by atoms with Gasteiger partial charge >= 0.3 is 0 Å². The minimum absolute atomic E-state index is 0.0472. The molecule has 1 amide bonds. The molecule has 1 heterocycles. The molecule has 0 spiro atoms. The third-order valence-corrected chi connectivity index (χ3v) is 4.18. The molecule has 0 aliphatic rings. The van der Waals surface area contributed by atoms with Crippen LogP contribution in [0, 0.1) is 11.3 Å². The monoisotopic (exact) mass is 408 g/mol. The van der Waals surface area contributed by atoms with Crippen molar-refractivity contribution in [2.45, 2.75) is 6.42 Å². The number of hydrogen-bond acceptors (Lipinski definition) is 7. The van der Waals surface area contributed by atoms with Gasteiger partial charge in [0.25, 0.3) is 11.9 Å². The van der Waals surface area contributed by atoms with Crippen LogP contribution in [0.2, 0.25) is 0 Å². The number of carbonyl (C=O) groups is 1. The number of nitriles is 1. The van der Waals surface area contributed by atoms with E-state index < -0.39 is 5.91 Å². The lowest BCUT2D eigenvalue weighted by molar-refractivity contribution is 0.0991. The van der Waals surface area contributed by atoms with Crippen molar-refractivity contribution in [1.82, 2.24) is 0 Å². The Labute approximate surface area is 173 Å². The average molecular weight is 408 g/mol. The largest absolute Gasteiger partial charge is 0.496 e. The molecule has 0 radical (unpaired) electrons. The second-order valence-corrected chi connectivity index (χ2v) is 6.06. The molecule has 0 fully saturated rings. The minimum atomic E-state index is -0.504. The Bertz CT molecular complexity index is 1040. The standard InChI is InChI=1S/C22H20N2O6/c1-26-16-12-18(27-2)21(19(13-16)28-3)24-22(25)17-8-9-20(30-17)29-15-6-4-14(5-7-15)10-11-23/h4-9,12-13H,10H2,1-3H3,(H,24,25). The SMILES string of the molecule is COc1cc(OC)c(NC(=O)c2ccc(Oc3ccc(CC#N)cc3)o2)c(OC)c1. The molecule has 3 rings (SSSR count). The highest BCUT2D eigenvalue weighted by Gasteiger charge is 2.19. The zero-order chi connectivity index (χ0) is 21.5. The fourth-order valence-corrected chi connectivity index (χ4v) is 2.68. The smallest absolute Gasteiger partial charge is 0.291 e. The van der Waals surface area contributed by atoms with Crippen molar-refractivity contribution in [3.63, 3.8) is 0 Å². The maximum Gasteiger partial charge on any atom is 0.291 e. The summed E-state index contributed by atoms with van der Waals surface area (Å²) in [6.07, 6.45) is 0.323. The van der Waals surface area contributed by atoms with Gasteiger partial charge in [0.15, 0.2) is 5.76 Å². The predicted molar refractivity (Wildman–Crippen MR) is 109 cm³/mol. The molecule has 0 saturated heterocycles. The second kappa shape index (κ2) is 9.39. The zero-order valence-electron chi connectivity index (χ0n) is 16.7. The van der Waals surface area contributed by atoms with E-state index in [-0.39, 0.29) is 11.7 Å². The van der Waals surface area contributed by atoms with Crippen molar-refractivity contribution in [1.29, 1.82) is 5.26 Å². The van der Waals surface area contributed by atoms with Crippen LogP contribution in [0.5, 0.6) is 28.9 Å². The first-order chi connectivity index (χ1) is 14.6. The predicted octanol–water partition coefficient (Wildman–Crippen LogP) is 4.42. The van der Waals surface area contributed by atoms with Crippen LogP contribution >= 0.6 is 0 Å². The van der Waals surface area contributed by atoms with Gasteiger partial charge in [-0.1, -0.05) is 12.1 Å². The molecule has 30 heavy (non-hydrogen) atoms. The molecule has 0 aliphatic carbocycles. The van der Waals surface area contributed by atoms with Crippen molar-refractivity contribution >= 4 is 11.6 Å². The molecular weight excluding hydrogens is 388 g/mol. The van der Waals surface area contributed by atoms with Crippen LogP contribution in [0.3, 0.4) is 0 Å². The quantitative estimate of drug-likeness (QED) is 0.589. The van der Waals surface area contributed by atoms with E-state index in [0.717, 1.165) is 5.56 Å². The minimum Gasteiger partial charge on any atom is -0.496 e. The molecule has 154 valence electrons.